The summed E-state index contributed by atoms with van der Waals surface area (Å²) in [4.78, 5) is 14.7. The molecule has 0 aliphatic rings. The summed E-state index contributed by atoms with van der Waals surface area (Å²) in [6.45, 7) is 0.0912. The Hall–Kier alpha value is -2.77. The lowest BCUT2D eigenvalue weighted by Crippen LogP contribution is -1.99. The first kappa shape index (κ1) is 15.6. The van der Waals surface area contributed by atoms with Crippen molar-refractivity contribution in [1.29, 1.82) is 0 Å². The number of aromatic hydroxyl groups is 1. The SMILES string of the molecule is O=C(O)Cc1cc(N=Nc2ccc(COO)cc2)ccc1O. The number of phenolic OH excluding ortho intramolecular Hbond substituents is 1. The number of hydrogen-bond acceptors (Lipinski definition) is 6. The molecule has 0 spiro atoms. The number of aliphatic carboxylic acids is 1. The van der Waals surface area contributed by atoms with Gasteiger partial charge in [0.25, 0.3) is 0 Å². The maximum Gasteiger partial charge on any atom is 0.307 e. The Morgan fingerprint density at radius 1 is 1.05 bits per heavy atom. The molecule has 0 aliphatic heterocycles. The third kappa shape index (κ3) is 4.37. The van der Waals surface area contributed by atoms with Crippen LogP contribution in [0, 0.1) is 0 Å². The second-order valence-corrected chi connectivity index (χ2v) is 4.52. The molecule has 0 radical (unpaired) electrons. The number of hydrogen-bond donors (Lipinski definition) is 3. The molecule has 0 aromatic heterocycles. The molecule has 0 amide bonds. The van der Waals surface area contributed by atoms with Gasteiger partial charge in [-0.15, -0.1) is 0 Å². The van der Waals surface area contributed by atoms with Crippen molar-refractivity contribution in [3.8, 4) is 5.75 Å². The van der Waals surface area contributed by atoms with Gasteiger partial charge in [0.1, 0.15) is 12.4 Å². The lowest BCUT2D eigenvalue weighted by molar-refractivity contribution is -0.253. The van der Waals surface area contributed by atoms with Crippen molar-refractivity contribution in [3.63, 3.8) is 0 Å². The van der Waals surface area contributed by atoms with Crippen molar-refractivity contribution >= 4 is 17.3 Å². The molecule has 7 nitrogen and oxygen atoms in total. The standard InChI is InChI=1S/C15H14N2O5/c18-14-6-5-13(7-11(14)8-15(19)20)17-16-12-3-1-10(2-4-12)9-22-21/h1-7,18,21H,8-9H2,(H,19,20). The van der Waals surface area contributed by atoms with E-state index >= 15 is 0 Å². The molecule has 114 valence electrons. The first-order valence-corrected chi connectivity index (χ1v) is 6.39. The molecule has 0 saturated carbocycles. The monoisotopic (exact) mass is 302 g/mol. The third-order valence-electron chi connectivity index (χ3n) is 2.85. The fraction of sp³-hybridized carbons (Fsp3) is 0.133. The van der Waals surface area contributed by atoms with Crippen LogP contribution in [-0.4, -0.2) is 21.4 Å². The molecule has 0 heterocycles. The molecule has 0 bridgehead atoms. The second kappa shape index (κ2) is 7.30. The van der Waals surface area contributed by atoms with Crippen LogP contribution in [0.5, 0.6) is 5.75 Å². The van der Waals surface area contributed by atoms with Gasteiger partial charge >= 0.3 is 5.97 Å². The Morgan fingerprint density at radius 3 is 2.32 bits per heavy atom. The van der Waals surface area contributed by atoms with Gasteiger partial charge in [-0.2, -0.15) is 10.2 Å². The first-order valence-electron chi connectivity index (χ1n) is 6.39. The van der Waals surface area contributed by atoms with E-state index in [1.807, 2.05) is 0 Å². The number of benzene rings is 2. The van der Waals surface area contributed by atoms with Gasteiger partial charge in [0.15, 0.2) is 0 Å². The lowest BCUT2D eigenvalue weighted by atomic mass is 10.1. The van der Waals surface area contributed by atoms with Gasteiger partial charge in [-0.1, -0.05) is 12.1 Å². The molecule has 2 aromatic rings. The summed E-state index contributed by atoms with van der Waals surface area (Å²) in [5, 5.41) is 34.7. The fourth-order valence-electron chi connectivity index (χ4n) is 1.79. The highest BCUT2D eigenvalue weighted by atomic mass is 17.1. The minimum Gasteiger partial charge on any atom is -0.508 e. The van der Waals surface area contributed by atoms with E-state index < -0.39 is 5.97 Å². The Morgan fingerprint density at radius 2 is 1.68 bits per heavy atom. The molecule has 3 N–H and O–H groups in total. The molecule has 2 aromatic carbocycles. The Labute approximate surface area is 126 Å². The number of phenols is 1. The minimum atomic E-state index is -1.04. The van der Waals surface area contributed by atoms with Crippen LogP contribution in [0.1, 0.15) is 11.1 Å². The van der Waals surface area contributed by atoms with E-state index in [0.717, 1.165) is 5.56 Å². The summed E-state index contributed by atoms with van der Waals surface area (Å²) < 4.78 is 0. The van der Waals surface area contributed by atoms with E-state index in [1.54, 1.807) is 24.3 Å². The number of carboxylic acid groups (broad SMARTS) is 1. The molecular formula is C15H14N2O5. The van der Waals surface area contributed by atoms with Crippen molar-refractivity contribution in [1.82, 2.24) is 0 Å². The molecule has 0 aliphatic carbocycles. The van der Waals surface area contributed by atoms with Crippen molar-refractivity contribution in [3.05, 3.63) is 53.6 Å². The number of nitrogens with zero attached hydrogens (tertiary/aromatic N) is 2. The maximum absolute atomic E-state index is 10.7. The van der Waals surface area contributed by atoms with Crippen LogP contribution in [-0.2, 0) is 22.7 Å². The van der Waals surface area contributed by atoms with Crippen molar-refractivity contribution in [2.24, 2.45) is 10.2 Å². The van der Waals surface area contributed by atoms with Gasteiger partial charge in [-0.3, -0.25) is 10.1 Å². The molecule has 0 saturated heterocycles. The topological polar surface area (TPSA) is 112 Å². The summed E-state index contributed by atoms with van der Waals surface area (Å²) in [6, 6.07) is 11.3. The molecular weight excluding hydrogens is 288 g/mol. The van der Waals surface area contributed by atoms with E-state index in [-0.39, 0.29) is 24.3 Å². The second-order valence-electron chi connectivity index (χ2n) is 4.52. The van der Waals surface area contributed by atoms with Gasteiger partial charge < -0.3 is 10.2 Å². The number of rotatable bonds is 6. The van der Waals surface area contributed by atoms with E-state index in [4.69, 9.17) is 10.4 Å². The zero-order valence-corrected chi connectivity index (χ0v) is 11.5. The van der Waals surface area contributed by atoms with E-state index in [2.05, 4.69) is 15.1 Å². The van der Waals surface area contributed by atoms with Gasteiger partial charge in [-0.05, 0) is 35.9 Å². The Balaban J connectivity index is 2.13. The number of carboxylic acids is 1. The largest absolute Gasteiger partial charge is 0.508 e. The average Bonchev–Trinajstić information content (AvgIpc) is 2.49. The highest BCUT2D eigenvalue weighted by molar-refractivity contribution is 5.72. The Bertz CT molecular complexity index is 683. The van der Waals surface area contributed by atoms with Gasteiger partial charge in [0, 0.05) is 5.56 Å². The van der Waals surface area contributed by atoms with Crippen LogP contribution < -0.4 is 0 Å². The van der Waals surface area contributed by atoms with Crippen LogP contribution in [0.4, 0.5) is 11.4 Å². The van der Waals surface area contributed by atoms with Crippen LogP contribution in [0.25, 0.3) is 0 Å². The third-order valence-corrected chi connectivity index (χ3v) is 2.85. The summed E-state index contributed by atoms with van der Waals surface area (Å²) in [5.74, 6) is -1.12. The summed E-state index contributed by atoms with van der Waals surface area (Å²) >= 11 is 0. The van der Waals surface area contributed by atoms with Crippen LogP contribution in [0.2, 0.25) is 0 Å². The smallest absolute Gasteiger partial charge is 0.307 e. The Kier molecular flexibility index (Phi) is 5.18. The number of azo groups is 1. The van der Waals surface area contributed by atoms with E-state index in [9.17, 15) is 9.90 Å². The minimum absolute atomic E-state index is 0.0882. The zero-order chi connectivity index (χ0) is 15.9. The quantitative estimate of drug-likeness (QED) is 0.430. The molecule has 22 heavy (non-hydrogen) atoms. The number of carbonyl (C=O) groups is 1. The predicted molar refractivity (Wildman–Crippen MR) is 77.5 cm³/mol. The van der Waals surface area contributed by atoms with Crippen LogP contribution in [0.15, 0.2) is 52.7 Å². The lowest BCUT2D eigenvalue weighted by Gasteiger charge is -2.02. The van der Waals surface area contributed by atoms with Crippen LogP contribution >= 0.6 is 0 Å². The van der Waals surface area contributed by atoms with Gasteiger partial charge in [-0.25, -0.2) is 4.89 Å². The van der Waals surface area contributed by atoms with Crippen molar-refractivity contribution in [2.75, 3.05) is 0 Å². The molecule has 0 unspecified atom stereocenters. The molecule has 7 heteroatoms. The van der Waals surface area contributed by atoms with E-state index in [0.29, 0.717) is 11.4 Å². The average molecular weight is 302 g/mol. The van der Waals surface area contributed by atoms with Crippen molar-refractivity contribution in [2.45, 2.75) is 13.0 Å². The zero-order valence-electron chi connectivity index (χ0n) is 11.5. The highest BCUT2D eigenvalue weighted by Crippen LogP contribution is 2.25. The summed E-state index contributed by atoms with van der Waals surface area (Å²) in [5.41, 5.74) is 2.10. The normalized spacial score (nSPS) is 11.0. The van der Waals surface area contributed by atoms with Crippen LogP contribution in [0.3, 0.4) is 0 Å². The molecule has 0 atom stereocenters. The predicted octanol–water partition coefficient (Wildman–Crippen LogP) is 3.42. The van der Waals surface area contributed by atoms with Gasteiger partial charge in [0.2, 0.25) is 0 Å². The molecule has 0 fully saturated rings. The first-order chi connectivity index (χ1) is 10.6. The van der Waals surface area contributed by atoms with Gasteiger partial charge in [0.05, 0.1) is 17.8 Å². The van der Waals surface area contributed by atoms with E-state index in [1.165, 1.54) is 18.2 Å². The highest BCUT2D eigenvalue weighted by Gasteiger charge is 2.07. The molecule has 2 rings (SSSR count). The fourth-order valence-corrected chi connectivity index (χ4v) is 1.79. The summed E-state index contributed by atoms with van der Waals surface area (Å²) in [6.07, 6.45) is -0.287. The maximum atomic E-state index is 10.7. The summed E-state index contributed by atoms with van der Waals surface area (Å²) in [7, 11) is 0. The van der Waals surface area contributed by atoms with Crippen molar-refractivity contribution < 1.29 is 25.2 Å².